The maximum atomic E-state index is 5.82. The molecule has 1 unspecified atom stereocenters. The van der Waals surface area contributed by atoms with Crippen LogP contribution in [0.5, 0.6) is 0 Å². The van der Waals surface area contributed by atoms with E-state index in [1.54, 1.807) is 11.8 Å². The van der Waals surface area contributed by atoms with Gasteiger partial charge in [-0.1, -0.05) is 23.9 Å². The average Bonchev–Trinajstić information content (AvgIpc) is 3.26. The van der Waals surface area contributed by atoms with Gasteiger partial charge in [0.2, 0.25) is 0 Å². The lowest BCUT2D eigenvalue weighted by Gasteiger charge is -2.17. The number of aromatic nitrogens is 1. The Morgan fingerprint density at radius 3 is 2.89 bits per heavy atom. The molecule has 0 radical (unpaired) electrons. The van der Waals surface area contributed by atoms with Crippen molar-refractivity contribution in [3.8, 4) is 0 Å². The highest BCUT2D eigenvalue weighted by atomic mass is 32.2. The Labute approximate surface area is 164 Å². The first-order valence-electron chi connectivity index (χ1n) is 9.49. The fraction of sp³-hybridized carbons (Fsp3) is 0.429. The molecular formula is C21H26N4OS. The van der Waals surface area contributed by atoms with Gasteiger partial charge in [-0.15, -0.1) is 0 Å². The quantitative estimate of drug-likeness (QED) is 0.857. The number of amidine groups is 1. The minimum absolute atomic E-state index is 0.344. The summed E-state index contributed by atoms with van der Waals surface area (Å²) in [6, 6.07) is 10.4. The highest BCUT2D eigenvalue weighted by molar-refractivity contribution is 8.14. The number of rotatable bonds is 4. The van der Waals surface area contributed by atoms with Gasteiger partial charge in [0.25, 0.3) is 0 Å². The summed E-state index contributed by atoms with van der Waals surface area (Å²) in [6.07, 6.45) is 2.67. The van der Waals surface area contributed by atoms with E-state index < -0.39 is 0 Å². The fourth-order valence-corrected chi connectivity index (χ4v) is 4.47. The van der Waals surface area contributed by atoms with E-state index in [0.29, 0.717) is 6.10 Å². The zero-order valence-corrected chi connectivity index (χ0v) is 17.0. The van der Waals surface area contributed by atoms with Crippen molar-refractivity contribution in [3.63, 3.8) is 0 Å². The molecule has 5 nitrogen and oxygen atoms in total. The lowest BCUT2D eigenvalue weighted by atomic mass is 10.1. The Balaban J connectivity index is 1.50. The summed E-state index contributed by atoms with van der Waals surface area (Å²) in [7, 11) is 0. The number of nitrogens with zero attached hydrogens (tertiary/aromatic N) is 3. The summed E-state index contributed by atoms with van der Waals surface area (Å²) in [5.41, 5.74) is 10.1. The van der Waals surface area contributed by atoms with Crippen molar-refractivity contribution in [1.29, 1.82) is 0 Å². The monoisotopic (exact) mass is 382 g/mol. The zero-order valence-electron chi connectivity index (χ0n) is 16.2. The second kappa shape index (κ2) is 7.90. The Morgan fingerprint density at radius 1 is 1.30 bits per heavy atom. The van der Waals surface area contributed by atoms with E-state index in [9.17, 15) is 0 Å². The molecule has 1 fully saturated rings. The number of hydrogen-bond donors (Lipinski definition) is 1. The number of aryl methyl sites for hydroxylation is 2. The summed E-state index contributed by atoms with van der Waals surface area (Å²) in [4.78, 5) is 4.66. The molecule has 2 aliphatic heterocycles. The lowest BCUT2D eigenvalue weighted by molar-refractivity contribution is 0.0962. The molecule has 0 aliphatic carbocycles. The van der Waals surface area contributed by atoms with E-state index in [0.717, 1.165) is 41.9 Å². The van der Waals surface area contributed by atoms with Crippen LogP contribution in [0.15, 0.2) is 40.4 Å². The van der Waals surface area contributed by atoms with Crippen LogP contribution in [0.1, 0.15) is 35.4 Å². The van der Waals surface area contributed by atoms with Crippen LogP contribution >= 0.6 is 11.8 Å². The van der Waals surface area contributed by atoms with Crippen molar-refractivity contribution < 1.29 is 4.74 Å². The Hall–Kier alpha value is -2.05. The molecule has 1 aromatic carbocycles. The first kappa shape index (κ1) is 18.3. The molecule has 27 heavy (non-hydrogen) atoms. The molecule has 0 amide bonds. The van der Waals surface area contributed by atoms with Crippen molar-refractivity contribution in [1.82, 2.24) is 9.99 Å². The van der Waals surface area contributed by atoms with Crippen LogP contribution in [0.3, 0.4) is 0 Å². The van der Waals surface area contributed by atoms with Crippen molar-refractivity contribution >= 4 is 28.3 Å². The van der Waals surface area contributed by atoms with Crippen molar-refractivity contribution in [2.45, 2.75) is 46.3 Å². The van der Waals surface area contributed by atoms with Gasteiger partial charge in [0.15, 0.2) is 5.17 Å². The van der Waals surface area contributed by atoms with E-state index in [1.807, 2.05) is 12.1 Å². The third kappa shape index (κ3) is 4.12. The van der Waals surface area contributed by atoms with Crippen LogP contribution < -0.4 is 5.43 Å². The minimum Gasteiger partial charge on any atom is -0.376 e. The summed E-state index contributed by atoms with van der Waals surface area (Å²) >= 11 is 1.70. The van der Waals surface area contributed by atoms with Crippen LogP contribution in [-0.2, 0) is 11.3 Å². The average molecular weight is 383 g/mol. The van der Waals surface area contributed by atoms with Gasteiger partial charge < -0.3 is 9.30 Å². The van der Waals surface area contributed by atoms with Crippen molar-refractivity contribution in [2.75, 3.05) is 12.4 Å². The molecular weight excluding hydrogens is 356 g/mol. The van der Waals surface area contributed by atoms with Crippen molar-refractivity contribution in [2.24, 2.45) is 10.1 Å². The van der Waals surface area contributed by atoms with Gasteiger partial charge in [-0.25, -0.2) is 4.99 Å². The maximum Gasteiger partial charge on any atom is 0.182 e. The summed E-state index contributed by atoms with van der Waals surface area (Å²) in [5.74, 6) is 0.821. The summed E-state index contributed by atoms with van der Waals surface area (Å²) in [5, 5.41) is 5.46. The number of ether oxygens (including phenoxy) is 1. The number of hydrogen-bond acceptors (Lipinski definition) is 4. The van der Waals surface area contributed by atoms with Crippen LogP contribution in [0.4, 0.5) is 5.69 Å². The maximum absolute atomic E-state index is 5.82. The predicted molar refractivity (Wildman–Crippen MR) is 113 cm³/mol. The standard InChI is InChI=1S/C21H26N4OS/c1-14-6-4-7-17(10-14)22-21-24-23-20(13-27-21)19-11-15(2)25(16(19)3)12-18-8-5-9-26-18/h4,6-7,10-11,18H,5,8-9,12-13H2,1-3H3,(H,22,24). The fourth-order valence-electron chi connectivity index (χ4n) is 3.69. The summed E-state index contributed by atoms with van der Waals surface area (Å²) in [6.45, 7) is 8.26. The van der Waals surface area contributed by atoms with E-state index in [-0.39, 0.29) is 0 Å². The van der Waals surface area contributed by atoms with Gasteiger partial charge in [0, 0.05) is 35.9 Å². The number of thioether (sulfide) groups is 1. The second-order valence-electron chi connectivity index (χ2n) is 7.25. The molecule has 2 aromatic rings. The van der Waals surface area contributed by atoms with Crippen molar-refractivity contribution in [3.05, 3.63) is 52.8 Å². The van der Waals surface area contributed by atoms with E-state index >= 15 is 0 Å². The first-order chi connectivity index (χ1) is 13.1. The largest absolute Gasteiger partial charge is 0.376 e. The summed E-state index contributed by atoms with van der Waals surface area (Å²) < 4.78 is 8.19. The van der Waals surface area contributed by atoms with Crippen LogP contribution in [-0.4, -0.2) is 33.9 Å². The molecule has 0 saturated carbocycles. The van der Waals surface area contributed by atoms with Crippen LogP contribution in [0.25, 0.3) is 0 Å². The molecule has 6 heteroatoms. The Bertz CT molecular complexity index is 894. The van der Waals surface area contributed by atoms with Crippen LogP contribution in [0.2, 0.25) is 0 Å². The molecule has 2 aliphatic rings. The van der Waals surface area contributed by atoms with Gasteiger partial charge >= 0.3 is 0 Å². The SMILES string of the molecule is Cc1cccc(N=C2NN=C(c3cc(C)n(CC4CCCO4)c3C)CS2)c1. The third-order valence-electron chi connectivity index (χ3n) is 5.16. The molecule has 1 saturated heterocycles. The molecule has 1 aromatic heterocycles. The number of nitrogens with one attached hydrogen (secondary N) is 1. The normalized spacial score (nSPS) is 21.4. The zero-order chi connectivity index (χ0) is 18.8. The van der Waals surface area contributed by atoms with Crippen LogP contribution in [0, 0.1) is 20.8 Å². The number of aliphatic imine (C=N–C) groups is 1. The molecule has 0 spiro atoms. The number of hydrazone groups is 1. The molecule has 4 rings (SSSR count). The molecule has 1 atom stereocenters. The second-order valence-corrected chi connectivity index (χ2v) is 8.21. The van der Waals surface area contributed by atoms with E-state index in [1.165, 1.54) is 28.9 Å². The predicted octanol–water partition coefficient (Wildman–Crippen LogP) is 4.32. The minimum atomic E-state index is 0.344. The van der Waals surface area contributed by atoms with Gasteiger partial charge in [-0.05, 0) is 57.4 Å². The molecule has 142 valence electrons. The Kier molecular flexibility index (Phi) is 5.36. The topological polar surface area (TPSA) is 50.9 Å². The third-order valence-corrected chi connectivity index (χ3v) is 6.03. The molecule has 3 heterocycles. The van der Waals surface area contributed by atoms with Gasteiger partial charge in [0.05, 0.1) is 17.5 Å². The van der Waals surface area contributed by atoms with Gasteiger partial charge in [-0.2, -0.15) is 5.10 Å². The number of benzene rings is 1. The highest BCUT2D eigenvalue weighted by Crippen LogP contribution is 2.24. The molecule has 1 N–H and O–H groups in total. The molecule has 0 bridgehead atoms. The first-order valence-corrected chi connectivity index (χ1v) is 10.5. The lowest BCUT2D eigenvalue weighted by Crippen LogP contribution is -2.25. The van der Waals surface area contributed by atoms with E-state index in [2.05, 4.69) is 59.1 Å². The Morgan fingerprint density at radius 2 is 2.19 bits per heavy atom. The van der Waals surface area contributed by atoms with E-state index in [4.69, 9.17) is 4.74 Å². The van der Waals surface area contributed by atoms with Gasteiger partial charge in [0.1, 0.15) is 0 Å². The smallest absolute Gasteiger partial charge is 0.182 e. The highest BCUT2D eigenvalue weighted by Gasteiger charge is 2.22. The van der Waals surface area contributed by atoms with Gasteiger partial charge in [-0.3, -0.25) is 5.43 Å².